The second-order valence-electron chi connectivity index (χ2n) is 34.9. The van der Waals surface area contributed by atoms with E-state index < -0.39 is 0 Å². The van der Waals surface area contributed by atoms with Gasteiger partial charge in [-0.25, -0.2) is 19.9 Å². The molecule has 0 amide bonds. The van der Waals surface area contributed by atoms with Crippen LogP contribution in [0.25, 0.3) is 132 Å². The van der Waals surface area contributed by atoms with E-state index in [0.29, 0.717) is 0 Å². The maximum absolute atomic E-state index is 5.49. The van der Waals surface area contributed by atoms with Crippen LogP contribution in [-0.2, 0) is 0 Å². The Balaban J connectivity index is 0.000000110. The summed E-state index contributed by atoms with van der Waals surface area (Å²) < 4.78 is 5.49. The van der Waals surface area contributed by atoms with Crippen LogP contribution in [0.15, 0.2) is 491 Å². The average molecular weight is 1780 g/mol. The van der Waals surface area contributed by atoms with Gasteiger partial charge in [0.1, 0.15) is 5.52 Å². The lowest BCUT2D eigenvalue weighted by Gasteiger charge is -2.28. The summed E-state index contributed by atoms with van der Waals surface area (Å²) in [5.74, 6) is 2.28. The lowest BCUT2D eigenvalue weighted by atomic mass is 9.35. The molecule has 3 aliphatic heterocycles. The molecule has 0 unspecified atom stereocenters. The molecule has 0 saturated heterocycles. The Bertz CT molecular complexity index is 8600. The highest BCUT2D eigenvalue weighted by Crippen LogP contribution is 2.44. The summed E-state index contributed by atoms with van der Waals surface area (Å²) in [6, 6.07) is 148. The van der Waals surface area contributed by atoms with Crippen molar-refractivity contribution in [3.63, 3.8) is 0 Å². The third kappa shape index (κ3) is 15.2. The normalized spacial score (nSPS) is 11.8. The number of nitrogens with zero attached hydrogens (tertiary/aromatic N) is 13. The monoisotopic (exact) mass is 1780 g/mol. The Hall–Kier alpha value is -18.5. The first-order valence-electron chi connectivity index (χ1n) is 46.7. The molecule has 17 aromatic carbocycles. The number of anilines is 9. The number of hydrogen-bond donors (Lipinski definition) is 0. The van der Waals surface area contributed by atoms with Gasteiger partial charge >= 0.3 is 0 Å². The van der Waals surface area contributed by atoms with Gasteiger partial charge < -0.3 is 4.42 Å². The maximum Gasteiger partial charge on any atom is 0.268 e. The van der Waals surface area contributed by atoms with Gasteiger partial charge in [0.2, 0.25) is 0 Å². The molecule has 0 fully saturated rings. The molecular formula is C122H80B3N13O. The predicted octanol–water partition coefficient (Wildman–Crippen LogP) is 22.9. The molecule has 0 saturated carbocycles. The molecule has 10 heterocycles. The molecular weight excluding hydrogens is 1700 g/mol. The SMILES string of the molecule is c1ccc(-c2cccc(-c3cc4c5c(ccnc5c3)-c3ccccc3B4c3cnc(N(c4ccccc4)c4ccccc4)cn3)c2)cc1.c1ccc(N(c2ccccc2)c2cnc(B3c4cc(-c5ccc6ocnc6c5)ccc4-c4ccnc5cccc3c45)cn2)cc1.c1ccc(N(c2ccccc2)c2cnc(B3c4ccccc4-c4c(-c5cccc6ccccc56)cnc5cccc3c45)cn2)cc1. The van der Waals surface area contributed by atoms with Gasteiger partial charge in [-0.15, -0.1) is 0 Å². The number of para-hydroxylation sites is 6. The van der Waals surface area contributed by atoms with E-state index in [1.54, 1.807) is 0 Å². The molecule has 24 aromatic rings. The van der Waals surface area contributed by atoms with Crippen LogP contribution >= 0.6 is 0 Å². The summed E-state index contributed by atoms with van der Waals surface area (Å²) >= 11 is 0. The molecule has 0 atom stereocenters. The second kappa shape index (κ2) is 35.8. The summed E-state index contributed by atoms with van der Waals surface area (Å²) in [7, 11) is 0. The molecule has 139 heavy (non-hydrogen) atoms. The van der Waals surface area contributed by atoms with Crippen LogP contribution < -0.4 is 64.3 Å². The minimum atomic E-state index is -0.125. The summed E-state index contributed by atoms with van der Waals surface area (Å²) in [6.45, 7) is -0.318. The van der Waals surface area contributed by atoms with E-state index in [-0.39, 0.29) is 20.1 Å². The number of hydrogen-bond acceptors (Lipinski definition) is 14. The van der Waals surface area contributed by atoms with E-state index in [1.165, 1.54) is 111 Å². The average Bonchev–Trinajstić information content (AvgIpc) is 0.907. The summed E-state index contributed by atoms with van der Waals surface area (Å²) in [5, 5.41) is 5.96. The van der Waals surface area contributed by atoms with Crippen molar-refractivity contribution in [1.29, 1.82) is 0 Å². The van der Waals surface area contributed by atoms with Crippen molar-refractivity contribution >= 4 is 176 Å². The highest BCUT2D eigenvalue weighted by atomic mass is 16.3. The fourth-order valence-corrected chi connectivity index (χ4v) is 20.8. The topological polar surface area (TPSA) is 152 Å². The van der Waals surface area contributed by atoms with Crippen LogP contribution in [-0.4, -0.2) is 70.0 Å². The van der Waals surface area contributed by atoms with Gasteiger partial charge in [0, 0.05) is 110 Å². The molecule has 0 N–H and O–H groups in total. The zero-order valence-electron chi connectivity index (χ0n) is 75.1. The quantitative estimate of drug-likeness (QED) is 0.0844. The van der Waals surface area contributed by atoms with Crippen molar-refractivity contribution < 1.29 is 4.42 Å². The second-order valence-corrected chi connectivity index (χ2v) is 34.9. The standard InChI is InChI=1S/C43H29BN4.C41H27BN4.C38H24BN5O/c1-4-13-30(14-5-1)31-15-12-16-32(25-31)33-26-39-43-37(23-24-45-40(43)27-33)36-21-10-11-22-38(36)44(39)41-28-47-42(29-46-41)48(34-17-6-2-7-18-34)35-19-8-3-9-20-35;1-3-15-29(16-4-1)46(30-17-5-2-6-18-30)39-27-44-38(26-45-39)42-35-22-10-9-20-33(35)40-34(25-43-37-24-12-23-36(42)41(37)40)32-21-11-14-28-13-7-8-19-31(28)32;1-3-8-27(9-4-1)44(28-10-5-2-6-11-28)37-23-41-36(22-42-37)39-31-12-7-13-33-38(31)30(18-19-40-33)29-16-14-25(20-32(29)39)26-15-17-35-34(21-26)43-24-45-35/h1-29H;1-27H;1-24H. The zero-order chi connectivity index (χ0) is 92.1. The van der Waals surface area contributed by atoms with Crippen molar-refractivity contribution in [1.82, 2.24) is 49.8 Å². The van der Waals surface area contributed by atoms with Crippen molar-refractivity contribution in [2.75, 3.05) is 14.7 Å². The number of rotatable bonds is 16. The van der Waals surface area contributed by atoms with Gasteiger partial charge in [-0.3, -0.25) is 44.6 Å². The summed E-state index contributed by atoms with van der Waals surface area (Å²) in [5.41, 5.74) is 37.0. The number of aromatic nitrogens is 10. The fraction of sp³-hybridized carbons (Fsp3) is 0. The molecule has 14 nitrogen and oxygen atoms in total. The first kappa shape index (κ1) is 82.4. The van der Waals surface area contributed by atoms with Gasteiger partial charge in [0.25, 0.3) is 20.1 Å². The predicted molar refractivity (Wildman–Crippen MR) is 572 cm³/mol. The van der Waals surface area contributed by atoms with Crippen LogP contribution in [0.4, 0.5) is 51.6 Å². The van der Waals surface area contributed by atoms with Crippen LogP contribution in [0, 0.1) is 0 Å². The number of fused-ring (bicyclic) bond motifs is 8. The Morgan fingerprint density at radius 1 is 0.201 bits per heavy atom. The molecule has 7 aromatic heterocycles. The van der Waals surface area contributed by atoms with Crippen molar-refractivity contribution in [2.24, 2.45) is 0 Å². The third-order valence-electron chi connectivity index (χ3n) is 27.0. The number of oxazole rings is 1. The van der Waals surface area contributed by atoms with Crippen LogP contribution in [0.1, 0.15) is 0 Å². The van der Waals surface area contributed by atoms with Crippen molar-refractivity contribution in [3.8, 4) is 77.9 Å². The van der Waals surface area contributed by atoms with Crippen molar-refractivity contribution in [2.45, 2.75) is 0 Å². The highest BCUT2D eigenvalue weighted by Gasteiger charge is 2.39. The third-order valence-corrected chi connectivity index (χ3v) is 27.0. The van der Waals surface area contributed by atoms with Gasteiger partial charge in [-0.1, -0.05) is 336 Å². The lowest BCUT2D eigenvalue weighted by molar-refractivity contribution is 0.602. The Morgan fingerprint density at radius 3 is 1.15 bits per heavy atom. The van der Waals surface area contributed by atoms with E-state index in [0.717, 1.165) is 129 Å². The Morgan fingerprint density at radius 2 is 0.590 bits per heavy atom. The lowest BCUT2D eigenvalue weighted by Crippen LogP contribution is -2.56. The van der Waals surface area contributed by atoms with Crippen LogP contribution in [0.3, 0.4) is 0 Å². The minimum absolute atomic E-state index is 0.0829. The molecule has 648 valence electrons. The molecule has 27 rings (SSSR count). The van der Waals surface area contributed by atoms with E-state index in [2.05, 4.69) is 335 Å². The van der Waals surface area contributed by atoms with Crippen LogP contribution in [0.5, 0.6) is 0 Å². The maximum atomic E-state index is 5.49. The first-order valence-corrected chi connectivity index (χ1v) is 46.7. The van der Waals surface area contributed by atoms with E-state index in [4.69, 9.17) is 49.3 Å². The number of pyridine rings is 3. The summed E-state index contributed by atoms with van der Waals surface area (Å²) in [4.78, 5) is 56.0. The molecule has 0 aliphatic carbocycles. The van der Waals surface area contributed by atoms with E-state index in [9.17, 15) is 0 Å². The highest BCUT2D eigenvalue weighted by molar-refractivity contribution is 6.99. The smallest absolute Gasteiger partial charge is 0.268 e. The largest absolute Gasteiger partial charge is 0.443 e. The van der Waals surface area contributed by atoms with Gasteiger partial charge in [0.05, 0.1) is 35.1 Å². The zero-order valence-corrected chi connectivity index (χ0v) is 75.1. The Labute approximate surface area is 804 Å². The molecule has 0 radical (unpaired) electrons. The van der Waals surface area contributed by atoms with Gasteiger partial charge in [0.15, 0.2) is 29.4 Å². The first-order chi connectivity index (χ1) is 69.0. The Kier molecular flexibility index (Phi) is 21.2. The van der Waals surface area contributed by atoms with Crippen LogP contribution in [0.2, 0.25) is 0 Å². The van der Waals surface area contributed by atoms with Gasteiger partial charge in [-0.05, 0) is 204 Å². The van der Waals surface area contributed by atoms with E-state index >= 15 is 0 Å². The minimum Gasteiger partial charge on any atom is -0.443 e. The van der Waals surface area contributed by atoms with Gasteiger partial charge in [-0.2, -0.15) is 0 Å². The van der Waals surface area contributed by atoms with Crippen molar-refractivity contribution in [3.05, 3.63) is 487 Å². The fourth-order valence-electron chi connectivity index (χ4n) is 20.8. The molecule has 0 spiro atoms. The summed E-state index contributed by atoms with van der Waals surface area (Å²) in [6.07, 6.45) is 18.9. The molecule has 17 heteroatoms. The molecule has 3 aliphatic rings. The molecule has 0 bridgehead atoms. The van der Waals surface area contributed by atoms with E-state index in [1.807, 2.05) is 165 Å². The number of benzene rings is 17.